The number of alkyl halides is 2. The van der Waals surface area contributed by atoms with E-state index in [0.717, 1.165) is 31.5 Å². The van der Waals surface area contributed by atoms with E-state index >= 15 is 0 Å². The number of nitrogens with zero attached hydrogens (tertiary/aromatic N) is 1. The lowest BCUT2D eigenvalue weighted by Crippen LogP contribution is -2.32. The summed E-state index contributed by atoms with van der Waals surface area (Å²) in [6.45, 7) is 3.85. The number of likely N-dealkylation sites (tertiary alicyclic amines) is 1. The van der Waals surface area contributed by atoms with Gasteiger partial charge in [0.25, 0.3) is 5.91 Å². The van der Waals surface area contributed by atoms with Gasteiger partial charge in [-0.3, -0.25) is 9.59 Å². The molecule has 1 aliphatic heterocycles. The molecule has 3 rings (SSSR count). The van der Waals surface area contributed by atoms with E-state index in [9.17, 15) is 9.59 Å². The van der Waals surface area contributed by atoms with E-state index in [1.807, 2.05) is 29.2 Å². The number of carbonyl (C=O) groups excluding carboxylic acids is 2. The van der Waals surface area contributed by atoms with Crippen molar-refractivity contribution in [2.45, 2.75) is 37.1 Å². The van der Waals surface area contributed by atoms with Crippen LogP contribution in [0.5, 0.6) is 0 Å². The van der Waals surface area contributed by atoms with E-state index in [1.165, 1.54) is 0 Å². The first-order chi connectivity index (χ1) is 10.8. The molecule has 0 radical (unpaired) electrons. The van der Waals surface area contributed by atoms with Crippen molar-refractivity contribution in [3.63, 3.8) is 0 Å². The number of hydrogen-bond acceptors (Lipinski definition) is 2. The van der Waals surface area contributed by atoms with Gasteiger partial charge < -0.3 is 10.2 Å². The van der Waals surface area contributed by atoms with Crippen molar-refractivity contribution in [3.05, 3.63) is 35.4 Å². The molecule has 124 valence electrons. The third-order valence-electron chi connectivity index (χ3n) is 4.81. The van der Waals surface area contributed by atoms with Gasteiger partial charge >= 0.3 is 0 Å². The van der Waals surface area contributed by atoms with E-state index in [4.69, 9.17) is 23.2 Å². The van der Waals surface area contributed by atoms with E-state index in [2.05, 4.69) is 5.32 Å². The van der Waals surface area contributed by atoms with Crippen molar-refractivity contribution >= 4 is 35.0 Å². The second kappa shape index (κ2) is 5.99. The summed E-state index contributed by atoms with van der Waals surface area (Å²) in [6.07, 6.45) is 2.63. The molecular weight excluding hydrogens is 335 g/mol. The molecule has 23 heavy (non-hydrogen) atoms. The molecule has 1 saturated heterocycles. The Morgan fingerprint density at radius 3 is 2.26 bits per heavy atom. The molecule has 1 aromatic rings. The van der Waals surface area contributed by atoms with Crippen molar-refractivity contribution in [1.29, 1.82) is 0 Å². The minimum Gasteiger partial charge on any atom is -0.351 e. The van der Waals surface area contributed by atoms with Gasteiger partial charge in [0.2, 0.25) is 5.91 Å². The van der Waals surface area contributed by atoms with E-state index < -0.39 is 9.75 Å². The highest BCUT2D eigenvalue weighted by molar-refractivity contribution is 6.53. The van der Waals surface area contributed by atoms with Crippen LogP contribution in [-0.4, -0.2) is 34.1 Å². The molecular formula is C17H20Cl2N2O2. The topological polar surface area (TPSA) is 49.4 Å². The van der Waals surface area contributed by atoms with Crippen molar-refractivity contribution in [2.24, 2.45) is 5.41 Å². The Kier molecular flexibility index (Phi) is 4.32. The van der Waals surface area contributed by atoms with Crippen molar-refractivity contribution in [3.8, 4) is 0 Å². The monoisotopic (exact) mass is 354 g/mol. The first-order valence-corrected chi connectivity index (χ1v) is 8.63. The normalized spacial score (nSPS) is 25.3. The summed E-state index contributed by atoms with van der Waals surface area (Å²) < 4.78 is -0.955. The smallest absolute Gasteiger partial charge is 0.253 e. The standard InChI is InChI=1S/C17H20Cl2N2O2/c1-16(11-17(16,18)19)15(23)20-10-12-4-6-13(7-5-12)14(22)21-8-2-3-9-21/h4-7H,2-3,8-11H2,1H3,(H,20,23)/t16-/m1/s1. The number of halogens is 2. The zero-order valence-corrected chi connectivity index (χ0v) is 14.6. The SMILES string of the molecule is C[C@]1(C(=O)NCc2ccc(C(=O)N3CCCC3)cc2)CC1(Cl)Cl. The molecule has 1 heterocycles. The summed E-state index contributed by atoms with van der Waals surface area (Å²) >= 11 is 12.0. The van der Waals surface area contributed by atoms with Gasteiger partial charge in [0.1, 0.15) is 4.33 Å². The van der Waals surface area contributed by atoms with Crippen LogP contribution in [-0.2, 0) is 11.3 Å². The fourth-order valence-corrected chi connectivity index (χ4v) is 3.60. The van der Waals surface area contributed by atoms with E-state index in [-0.39, 0.29) is 11.8 Å². The fourth-order valence-electron chi connectivity index (χ4n) is 2.89. The Bertz CT molecular complexity index is 624. The zero-order valence-electron chi connectivity index (χ0n) is 13.1. The molecule has 1 aliphatic carbocycles. The van der Waals surface area contributed by atoms with Crippen LogP contribution >= 0.6 is 23.2 Å². The molecule has 2 amide bonds. The summed E-state index contributed by atoms with van der Waals surface area (Å²) in [5, 5.41) is 2.86. The molecule has 4 nitrogen and oxygen atoms in total. The molecule has 0 bridgehead atoms. The summed E-state index contributed by atoms with van der Waals surface area (Å²) in [4.78, 5) is 26.3. The lowest BCUT2D eigenvalue weighted by Gasteiger charge is -2.16. The maximum absolute atomic E-state index is 12.3. The first-order valence-electron chi connectivity index (χ1n) is 7.88. The van der Waals surface area contributed by atoms with Crippen molar-refractivity contribution in [1.82, 2.24) is 10.2 Å². The van der Waals surface area contributed by atoms with Gasteiger partial charge in [-0.2, -0.15) is 0 Å². The Morgan fingerprint density at radius 1 is 1.17 bits per heavy atom. The maximum atomic E-state index is 12.3. The minimum absolute atomic E-state index is 0.0811. The molecule has 0 aromatic heterocycles. The number of hydrogen-bond donors (Lipinski definition) is 1. The van der Waals surface area contributed by atoms with Crippen molar-refractivity contribution < 1.29 is 9.59 Å². The van der Waals surface area contributed by atoms with Crippen LogP contribution in [0.4, 0.5) is 0 Å². The summed E-state index contributed by atoms with van der Waals surface area (Å²) in [5.74, 6) is -0.0580. The van der Waals surface area contributed by atoms with Crippen LogP contribution in [0.1, 0.15) is 42.1 Å². The number of nitrogens with one attached hydrogen (secondary N) is 1. The Labute approximate surface area is 146 Å². The van der Waals surface area contributed by atoms with Crippen LogP contribution < -0.4 is 5.32 Å². The third kappa shape index (κ3) is 3.20. The summed E-state index contributed by atoms with van der Waals surface area (Å²) in [5.41, 5.74) is 0.925. The Balaban J connectivity index is 1.56. The second-order valence-electron chi connectivity index (χ2n) is 6.59. The predicted octanol–water partition coefficient (Wildman–Crippen LogP) is 3.12. The van der Waals surface area contributed by atoms with Gasteiger partial charge in [-0.05, 0) is 43.9 Å². The molecule has 2 aliphatic rings. The Morgan fingerprint density at radius 2 is 1.74 bits per heavy atom. The first kappa shape index (κ1) is 16.6. The van der Waals surface area contributed by atoms with E-state index in [1.54, 1.807) is 6.92 Å². The second-order valence-corrected chi connectivity index (χ2v) is 8.08. The van der Waals surface area contributed by atoms with Gasteiger partial charge in [-0.25, -0.2) is 0 Å². The van der Waals surface area contributed by atoms with Crippen LogP contribution in [0.3, 0.4) is 0 Å². The lowest BCUT2D eigenvalue weighted by atomic mass is 10.1. The quantitative estimate of drug-likeness (QED) is 0.844. The number of rotatable bonds is 4. The fraction of sp³-hybridized carbons (Fsp3) is 0.529. The Hall–Kier alpha value is -1.26. The maximum Gasteiger partial charge on any atom is 0.253 e. The number of benzene rings is 1. The highest BCUT2D eigenvalue weighted by Gasteiger charge is 2.67. The van der Waals surface area contributed by atoms with E-state index in [0.29, 0.717) is 18.5 Å². The average Bonchev–Trinajstić information content (AvgIpc) is 2.92. The molecule has 1 N–H and O–H groups in total. The molecule has 0 spiro atoms. The third-order valence-corrected chi connectivity index (χ3v) is 5.91. The number of carbonyl (C=O) groups is 2. The molecule has 1 saturated carbocycles. The van der Waals surface area contributed by atoms with Gasteiger partial charge in [-0.15, -0.1) is 23.2 Å². The van der Waals surface area contributed by atoms with Gasteiger partial charge in [0.05, 0.1) is 5.41 Å². The molecule has 1 atom stereocenters. The van der Waals surface area contributed by atoms with Gasteiger partial charge in [0.15, 0.2) is 0 Å². The molecule has 6 heteroatoms. The molecule has 0 unspecified atom stereocenters. The highest BCUT2D eigenvalue weighted by Crippen LogP contribution is 2.63. The number of amides is 2. The zero-order chi connectivity index (χ0) is 16.7. The molecule has 2 fully saturated rings. The van der Waals surface area contributed by atoms with Crippen LogP contribution in [0.25, 0.3) is 0 Å². The van der Waals surface area contributed by atoms with Crippen LogP contribution in [0, 0.1) is 5.41 Å². The molecule has 1 aromatic carbocycles. The van der Waals surface area contributed by atoms with Gasteiger partial charge in [-0.1, -0.05) is 12.1 Å². The van der Waals surface area contributed by atoms with Crippen molar-refractivity contribution in [2.75, 3.05) is 13.1 Å². The average molecular weight is 355 g/mol. The largest absolute Gasteiger partial charge is 0.351 e. The van der Waals surface area contributed by atoms with Crippen LogP contribution in [0.2, 0.25) is 0 Å². The van der Waals surface area contributed by atoms with Crippen LogP contribution in [0.15, 0.2) is 24.3 Å². The van der Waals surface area contributed by atoms with Gasteiger partial charge in [0, 0.05) is 25.2 Å². The summed E-state index contributed by atoms with van der Waals surface area (Å²) in [6, 6.07) is 7.36. The minimum atomic E-state index is -0.955. The highest BCUT2D eigenvalue weighted by atomic mass is 35.5. The summed E-state index contributed by atoms with van der Waals surface area (Å²) in [7, 11) is 0. The predicted molar refractivity (Wildman–Crippen MR) is 90.6 cm³/mol. The lowest BCUT2D eigenvalue weighted by molar-refractivity contribution is -0.125.